The van der Waals surface area contributed by atoms with Crippen LogP contribution in [0.1, 0.15) is 37.8 Å². The second-order valence-corrected chi connectivity index (χ2v) is 6.77. The van der Waals surface area contributed by atoms with Gasteiger partial charge in [-0.1, -0.05) is 49.6 Å². The SMILES string of the molecule is N#Cc1ncc(-c2ccccc2)cc1SC1CCCCC1. The lowest BCUT2D eigenvalue weighted by molar-refractivity contribution is 0.516. The molecule has 0 saturated heterocycles. The number of pyridine rings is 1. The molecule has 2 aromatic rings. The summed E-state index contributed by atoms with van der Waals surface area (Å²) in [6, 6.07) is 14.6. The Hall–Kier alpha value is -1.79. The van der Waals surface area contributed by atoms with Crippen molar-refractivity contribution in [2.45, 2.75) is 42.2 Å². The topological polar surface area (TPSA) is 36.7 Å². The summed E-state index contributed by atoms with van der Waals surface area (Å²) in [6.45, 7) is 0. The first-order chi connectivity index (χ1) is 10.4. The molecule has 0 unspecified atom stereocenters. The summed E-state index contributed by atoms with van der Waals surface area (Å²) in [5, 5.41) is 9.92. The molecule has 0 aliphatic heterocycles. The van der Waals surface area contributed by atoms with Crippen molar-refractivity contribution >= 4 is 11.8 Å². The molecule has 1 heterocycles. The van der Waals surface area contributed by atoms with Crippen molar-refractivity contribution < 1.29 is 0 Å². The Bertz CT molecular complexity index is 640. The van der Waals surface area contributed by atoms with Gasteiger partial charge in [-0.2, -0.15) is 5.26 Å². The van der Waals surface area contributed by atoms with E-state index in [0.29, 0.717) is 10.9 Å². The van der Waals surface area contributed by atoms with Gasteiger partial charge in [0.25, 0.3) is 0 Å². The van der Waals surface area contributed by atoms with Crippen molar-refractivity contribution in [2.24, 2.45) is 0 Å². The number of aromatic nitrogens is 1. The van der Waals surface area contributed by atoms with E-state index < -0.39 is 0 Å². The Balaban J connectivity index is 1.88. The van der Waals surface area contributed by atoms with Crippen LogP contribution in [0.15, 0.2) is 47.5 Å². The van der Waals surface area contributed by atoms with Crippen molar-refractivity contribution in [3.63, 3.8) is 0 Å². The zero-order valence-corrected chi connectivity index (χ0v) is 12.8. The van der Waals surface area contributed by atoms with Gasteiger partial charge in [0.1, 0.15) is 6.07 Å². The highest BCUT2D eigenvalue weighted by molar-refractivity contribution is 8.00. The van der Waals surface area contributed by atoms with Crippen LogP contribution in [0.3, 0.4) is 0 Å². The second kappa shape index (κ2) is 6.78. The van der Waals surface area contributed by atoms with Crippen molar-refractivity contribution in [2.75, 3.05) is 0 Å². The van der Waals surface area contributed by atoms with Crippen LogP contribution in [0.25, 0.3) is 11.1 Å². The van der Waals surface area contributed by atoms with E-state index in [0.717, 1.165) is 16.0 Å². The number of hydrogen-bond acceptors (Lipinski definition) is 3. The lowest BCUT2D eigenvalue weighted by atomic mass is 10.0. The molecule has 0 atom stereocenters. The molecule has 1 fully saturated rings. The third-order valence-corrected chi connectivity index (χ3v) is 5.28. The van der Waals surface area contributed by atoms with Gasteiger partial charge in [-0.25, -0.2) is 4.98 Å². The summed E-state index contributed by atoms with van der Waals surface area (Å²) in [4.78, 5) is 5.39. The van der Waals surface area contributed by atoms with Gasteiger partial charge in [0.05, 0.1) is 0 Å². The number of rotatable bonds is 3. The molecule has 3 heteroatoms. The van der Waals surface area contributed by atoms with Crippen molar-refractivity contribution in [1.29, 1.82) is 5.26 Å². The molecule has 3 rings (SSSR count). The van der Waals surface area contributed by atoms with E-state index in [1.54, 1.807) is 6.20 Å². The fourth-order valence-corrected chi connectivity index (χ4v) is 4.10. The largest absolute Gasteiger partial charge is 0.244 e. The molecule has 1 aliphatic carbocycles. The molecular formula is C18H18N2S. The molecule has 0 N–H and O–H groups in total. The summed E-state index contributed by atoms with van der Waals surface area (Å²) in [7, 11) is 0. The van der Waals surface area contributed by atoms with Crippen LogP contribution in [0.2, 0.25) is 0 Å². The second-order valence-electron chi connectivity index (χ2n) is 5.43. The molecule has 106 valence electrons. The highest BCUT2D eigenvalue weighted by Gasteiger charge is 2.17. The van der Waals surface area contributed by atoms with Gasteiger partial charge in [0.2, 0.25) is 0 Å². The quantitative estimate of drug-likeness (QED) is 0.795. The lowest BCUT2D eigenvalue weighted by Crippen LogP contribution is -2.08. The summed E-state index contributed by atoms with van der Waals surface area (Å²) in [5.41, 5.74) is 2.80. The zero-order valence-electron chi connectivity index (χ0n) is 12.0. The molecule has 21 heavy (non-hydrogen) atoms. The van der Waals surface area contributed by atoms with Crippen LogP contribution in [0, 0.1) is 11.3 Å². The molecule has 0 amide bonds. The molecule has 0 radical (unpaired) electrons. The fraction of sp³-hybridized carbons (Fsp3) is 0.333. The minimum Gasteiger partial charge on any atom is -0.244 e. The standard InChI is InChI=1S/C18H18N2S/c19-12-17-18(21-16-9-5-2-6-10-16)11-15(13-20-17)14-7-3-1-4-8-14/h1,3-4,7-8,11,13,16H,2,5-6,9-10H2. The smallest absolute Gasteiger partial charge is 0.154 e. The zero-order chi connectivity index (χ0) is 14.5. The van der Waals surface area contributed by atoms with Crippen molar-refractivity contribution in [3.05, 3.63) is 48.3 Å². The molecule has 1 saturated carbocycles. The monoisotopic (exact) mass is 294 g/mol. The first-order valence-corrected chi connectivity index (χ1v) is 8.37. The molecule has 0 spiro atoms. The average molecular weight is 294 g/mol. The lowest BCUT2D eigenvalue weighted by Gasteiger charge is -2.21. The van der Waals surface area contributed by atoms with Crippen LogP contribution in [0.5, 0.6) is 0 Å². The van der Waals surface area contributed by atoms with Crippen LogP contribution in [0.4, 0.5) is 0 Å². The van der Waals surface area contributed by atoms with Crippen molar-refractivity contribution in [3.8, 4) is 17.2 Å². The number of benzene rings is 1. The summed E-state index contributed by atoms with van der Waals surface area (Å²) >= 11 is 1.84. The predicted molar refractivity (Wildman–Crippen MR) is 87.1 cm³/mol. The molecule has 1 aliphatic rings. The summed E-state index contributed by atoms with van der Waals surface area (Å²) in [5.74, 6) is 0. The highest BCUT2D eigenvalue weighted by atomic mass is 32.2. The van der Waals surface area contributed by atoms with Crippen LogP contribution >= 0.6 is 11.8 Å². The van der Waals surface area contributed by atoms with Crippen LogP contribution in [-0.2, 0) is 0 Å². The van der Waals surface area contributed by atoms with Gasteiger partial charge in [-0.3, -0.25) is 0 Å². The summed E-state index contributed by atoms with van der Waals surface area (Å²) < 4.78 is 0. The number of nitrogens with zero attached hydrogens (tertiary/aromatic N) is 2. The van der Waals surface area contributed by atoms with E-state index in [4.69, 9.17) is 0 Å². The fourth-order valence-electron chi connectivity index (χ4n) is 2.77. The maximum atomic E-state index is 9.28. The molecule has 1 aromatic carbocycles. The Kier molecular flexibility index (Phi) is 4.57. The number of thioether (sulfide) groups is 1. The van der Waals surface area contributed by atoms with E-state index in [2.05, 4.69) is 29.3 Å². The van der Waals surface area contributed by atoms with Gasteiger partial charge in [0.15, 0.2) is 5.69 Å². The van der Waals surface area contributed by atoms with Crippen LogP contribution in [-0.4, -0.2) is 10.2 Å². The number of nitriles is 1. The third kappa shape index (κ3) is 3.46. The van der Waals surface area contributed by atoms with E-state index in [1.807, 2.05) is 30.0 Å². The van der Waals surface area contributed by atoms with E-state index in [1.165, 1.54) is 32.1 Å². The first kappa shape index (κ1) is 14.2. The van der Waals surface area contributed by atoms with E-state index in [9.17, 15) is 5.26 Å². The van der Waals surface area contributed by atoms with Gasteiger partial charge in [0, 0.05) is 21.9 Å². The highest BCUT2D eigenvalue weighted by Crippen LogP contribution is 2.36. The van der Waals surface area contributed by atoms with Crippen molar-refractivity contribution in [1.82, 2.24) is 4.98 Å². The van der Waals surface area contributed by atoms with Gasteiger partial charge >= 0.3 is 0 Å². The Labute approximate surface area is 130 Å². The van der Waals surface area contributed by atoms with Gasteiger partial charge < -0.3 is 0 Å². The molecule has 2 nitrogen and oxygen atoms in total. The normalized spacial score (nSPS) is 15.6. The van der Waals surface area contributed by atoms with Crippen LogP contribution < -0.4 is 0 Å². The maximum Gasteiger partial charge on any atom is 0.154 e. The predicted octanol–water partition coefficient (Wildman–Crippen LogP) is 5.05. The minimum absolute atomic E-state index is 0.560. The Morgan fingerprint density at radius 1 is 1.05 bits per heavy atom. The maximum absolute atomic E-state index is 9.28. The first-order valence-electron chi connectivity index (χ1n) is 7.49. The van der Waals surface area contributed by atoms with E-state index in [-0.39, 0.29) is 0 Å². The van der Waals surface area contributed by atoms with Gasteiger partial charge in [-0.15, -0.1) is 11.8 Å². The third-order valence-electron chi connectivity index (χ3n) is 3.91. The van der Waals surface area contributed by atoms with E-state index >= 15 is 0 Å². The minimum atomic E-state index is 0.560. The Morgan fingerprint density at radius 3 is 2.52 bits per heavy atom. The Morgan fingerprint density at radius 2 is 1.81 bits per heavy atom. The van der Waals surface area contributed by atoms with Gasteiger partial charge in [-0.05, 0) is 24.5 Å². The summed E-state index contributed by atoms with van der Waals surface area (Å²) in [6.07, 6.45) is 8.29. The average Bonchev–Trinajstić information content (AvgIpc) is 2.56. The molecular weight excluding hydrogens is 276 g/mol. The molecule has 1 aromatic heterocycles. The number of hydrogen-bond donors (Lipinski definition) is 0. The molecule has 0 bridgehead atoms.